The Morgan fingerprint density at radius 2 is 2.06 bits per heavy atom. The first kappa shape index (κ1) is 11.8. The summed E-state index contributed by atoms with van der Waals surface area (Å²) in [6, 6.07) is 5.52. The molecule has 3 heteroatoms. The molecule has 1 fully saturated rings. The van der Waals surface area contributed by atoms with E-state index in [1.165, 1.54) is 0 Å². The number of hydrogen-bond acceptors (Lipinski definition) is 3. The summed E-state index contributed by atoms with van der Waals surface area (Å²) < 4.78 is 12.1. The number of ether oxygens (including phenoxy) is 2. The van der Waals surface area contributed by atoms with Crippen LogP contribution in [0.1, 0.15) is 45.3 Å². The standard InChI is InChI=1S/C15H20O3/c1-9-7-8-11-13(17-9)10-5-4-6-12(16)14(10)18-15(11,2)3/h4-6,9,11,13,16H,7-8H2,1-3H3/t9-,11-,13+/m1/s1. The quantitative estimate of drug-likeness (QED) is 0.764. The molecule has 0 radical (unpaired) electrons. The average Bonchev–Trinajstić information content (AvgIpc) is 2.30. The summed E-state index contributed by atoms with van der Waals surface area (Å²) in [6.07, 6.45) is 2.49. The maximum Gasteiger partial charge on any atom is 0.167 e. The van der Waals surface area contributed by atoms with E-state index in [1.54, 1.807) is 6.07 Å². The van der Waals surface area contributed by atoms with Gasteiger partial charge in [0.1, 0.15) is 5.60 Å². The second-order valence-corrected chi connectivity index (χ2v) is 5.95. The summed E-state index contributed by atoms with van der Waals surface area (Å²) in [5.41, 5.74) is 0.697. The van der Waals surface area contributed by atoms with Gasteiger partial charge in [0.25, 0.3) is 0 Å². The lowest BCUT2D eigenvalue weighted by molar-refractivity contribution is -0.145. The van der Waals surface area contributed by atoms with E-state index in [1.807, 2.05) is 12.1 Å². The summed E-state index contributed by atoms with van der Waals surface area (Å²) in [5, 5.41) is 9.96. The van der Waals surface area contributed by atoms with Gasteiger partial charge >= 0.3 is 0 Å². The van der Waals surface area contributed by atoms with Crippen LogP contribution in [0.2, 0.25) is 0 Å². The molecule has 0 amide bonds. The van der Waals surface area contributed by atoms with Crippen molar-refractivity contribution >= 4 is 0 Å². The largest absolute Gasteiger partial charge is 0.504 e. The molecule has 2 aliphatic rings. The lowest BCUT2D eigenvalue weighted by Crippen LogP contribution is -2.48. The number of fused-ring (bicyclic) bond motifs is 3. The van der Waals surface area contributed by atoms with Crippen LogP contribution in [0.15, 0.2) is 18.2 Å². The maximum absolute atomic E-state index is 9.96. The van der Waals surface area contributed by atoms with Gasteiger partial charge in [0.2, 0.25) is 0 Å². The van der Waals surface area contributed by atoms with E-state index in [2.05, 4.69) is 20.8 Å². The Morgan fingerprint density at radius 3 is 2.83 bits per heavy atom. The summed E-state index contributed by atoms with van der Waals surface area (Å²) >= 11 is 0. The van der Waals surface area contributed by atoms with Crippen molar-refractivity contribution in [1.82, 2.24) is 0 Å². The van der Waals surface area contributed by atoms with Crippen molar-refractivity contribution in [2.45, 2.75) is 51.4 Å². The van der Waals surface area contributed by atoms with Crippen LogP contribution in [0.25, 0.3) is 0 Å². The minimum Gasteiger partial charge on any atom is -0.504 e. The Hall–Kier alpha value is -1.22. The third kappa shape index (κ3) is 1.69. The number of phenols is 1. The van der Waals surface area contributed by atoms with E-state index in [9.17, 15) is 5.11 Å². The van der Waals surface area contributed by atoms with Gasteiger partial charge < -0.3 is 14.6 Å². The molecule has 1 saturated heterocycles. The van der Waals surface area contributed by atoms with Crippen LogP contribution in [-0.2, 0) is 4.74 Å². The van der Waals surface area contributed by atoms with E-state index in [-0.39, 0.29) is 23.6 Å². The van der Waals surface area contributed by atoms with E-state index >= 15 is 0 Å². The number of rotatable bonds is 0. The van der Waals surface area contributed by atoms with E-state index in [0.717, 1.165) is 18.4 Å². The van der Waals surface area contributed by atoms with Gasteiger partial charge in [-0.25, -0.2) is 0 Å². The fraction of sp³-hybridized carbons (Fsp3) is 0.600. The molecule has 3 nitrogen and oxygen atoms in total. The van der Waals surface area contributed by atoms with Crippen molar-refractivity contribution in [2.75, 3.05) is 0 Å². The van der Waals surface area contributed by atoms with Gasteiger partial charge in [-0.3, -0.25) is 0 Å². The summed E-state index contributed by atoms with van der Waals surface area (Å²) in [5.74, 6) is 1.15. The van der Waals surface area contributed by atoms with Crippen LogP contribution in [-0.4, -0.2) is 16.8 Å². The van der Waals surface area contributed by atoms with Crippen LogP contribution >= 0.6 is 0 Å². The lowest BCUT2D eigenvalue weighted by atomic mass is 9.75. The SMILES string of the molecule is C[C@@H]1CC[C@@H]2[C@@H](O1)c1cccc(O)c1OC2(C)C. The van der Waals surface area contributed by atoms with E-state index < -0.39 is 0 Å². The van der Waals surface area contributed by atoms with Crippen LogP contribution in [0.3, 0.4) is 0 Å². The Bertz CT molecular complexity index is 467. The van der Waals surface area contributed by atoms with Gasteiger partial charge in [0.05, 0.1) is 12.2 Å². The molecule has 98 valence electrons. The number of benzene rings is 1. The highest BCUT2D eigenvalue weighted by Crippen LogP contribution is 2.52. The molecule has 2 heterocycles. The fourth-order valence-corrected chi connectivity index (χ4v) is 3.20. The molecule has 0 bridgehead atoms. The van der Waals surface area contributed by atoms with Crippen molar-refractivity contribution in [3.05, 3.63) is 23.8 Å². The Labute approximate surface area is 108 Å². The zero-order chi connectivity index (χ0) is 12.9. The van der Waals surface area contributed by atoms with Gasteiger partial charge in [-0.15, -0.1) is 0 Å². The Balaban J connectivity index is 2.09. The lowest BCUT2D eigenvalue weighted by Gasteiger charge is -2.48. The van der Waals surface area contributed by atoms with Crippen LogP contribution in [0.5, 0.6) is 11.5 Å². The molecule has 3 atom stereocenters. The predicted octanol–water partition coefficient (Wildman–Crippen LogP) is 3.42. The smallest absolute Gasteiger partial charge is 0.167 e. The molecular weight excluding hydrogens is 228 g/mol. The normalized spacial score (nSPS) is 33.2. The third-order valence-electron chi connectivity index (χ3n) is 4.22. The zero-order valence-electron chi connectivity index (χ0n) is 11.1. The van der Waals surface area contributed by atoms with Crippen molar-refractivity contribution in [3.63, 3.8) is 0 Å². The number of aromatic hydroxyl groups is 1. The summed E-state index contributed by atoms with van der Waals surface area (Å²) in [7, 11) is 0. The van der Waals surface area contributed by atoms with Crippen molar-refractivity contribution in [3.8, 4) is 11.5 Å². The minimum absolute atomic E-state index is 0.0413. The number of phenolic OH excluding ortho intramolecular Hbond substituents is 1. The molecule has 1 N–H and O–H groups in total. The van der Waals surface area contributed by atoms with Crippen molar-refractivity contribution in [2.24, 2.45) is 5.92 Å². The van der Waals surface area contributed by atoms with Crippen LogP contribution in [0, 0.1) is 5.92 Å². The topological polar surface area (TPSA) is 38.7 Å². The van der Waals surface area contributed by atoms with Gasteiger partial charge in [0.15, 0.2) is 11.5 Å². The van der Waals surface area contributed by atoms with Gasteiger partial charge in [-0.1, -0.05) is 12.1 Å². The van der Waals surface area contributed by atoms with E-state index in [4.69, 9.17) is 9.47 Å². The highest BCUT2D eigenvalue weighted by atomic mass is 16.5. The molecule has 1 aromatic carbocycles. The van der Waals surface area contributed by atoms with Crippen molar-refractivity contribution < 1.29 is 14.6 Å². The highest BCUT2D eigenvalue weighted by Gasteiger charge is 2.47. The average molecular weight is 248 g/mol. The zero-order valence-corrected chi connectivity index (χ0v) is 11.1. The van der Waals surface area contributed by atoms with Crippen LogP contribution in [0.4, 0.5) is 0 Å². The molecule has 18 heavy (non-hydrogen) atoms. The van der Waals surface area contributed by atoms with Gasteiger partial charge in [-0.05, 0) is 39.7 Å². The highest BCUT2D eigenvalue weighted by molar-refractivity contribution is 5.49. The molecular formula is C15H20O3. The second-order valence-electron chi connectivity index (χ2n) is 5.95. The molecule has 2 aliphatic heterocycles. The maximum atomic E-state index is 9.96. The first-order valence-electron chi connectivity index (χ1n) is 6.65. The fourth-order valence-electron chi connectivity index (χ4n) is 3.20. The van der Waals surface area contributed by atoms with Crippen LogP contribution < -0.4 is 4.74 Å². The molecule has 1 aromatic rings. The Kier molecular flexibility index (Phi) is 2.56. The first-order valence-corrected chi connectivity index (χ1v) is 6.65. The third-order valence-corrected chi connectivity index (χ3v) is 4.22. The van der Waals surface area contributed by atoms with Gasteiger partial charge in [0, 0.05) is 11.5 Å². The van der Waals surface area contributed by atoms with E-state index in [0.29, 0.717) is 11.7 Å². The predicted molar refractivity (Wildman–Crippen MR) is 68.8 cm³/mol. The number of para-hydroxylation sites is 1. The summed E-state index contributed by atoms with van der Waals surface area (Å²) in [6.45, 7) is 6.28. The molecule has 3 rings (SSSR count). The summed E-state index contributed by atoms with van der Waals surface area (Å²) in [4.78, 5) is 0. The first-order chi connectivity index (χ1) is 8.49. The molecule has 0 aliphatic carbocycles. The monoisotopic (exact) mass is 248 g/mol. The Morgan fingerprint density at radius 1 is 1.28 bits per heavy atom. The second kappa shape index (κ2) is 3.89. The molecule has 0 aromatic heterocycles. The van der Waals surface area contributed by atoms with Gasteiger partial charge in [-0.2, -0.15) is 0 Å². The molecule has 0 unspecified atom stereocenters. The molecule has 0 spiro atoms. The van der Waals surface area contributed by atoms with Crippen molar-refractivity contribution in [1.29, 1.82) is 0 Å². The minimum atomic E-state index is -0.295. The number of hydrogen-bond donors (Lipinski definition) is 1. The molecule has 0 saturated carbocycles.